The Morgan fingerprint density at radius 3 is 2.69 bits per heavy atom. The molecule has 0 bridgehead atoms. The fourth-order valence-electron chi connectivity index (χ4n) is 2.74. The first-order chi connectivity index (χ1) is 14.0. The minimum Gasteiger partial charge on any atom is -0.490 e. The Bertz CT molecular complexity index is 960. The normalized spacial score (nSPS) is 15.1. The van der Waals surface area contributed by atoms with Crippen molar-refractivity contribution in [3.8, 4) is 11.5 Å². The lowest BCUT2D eigenvalue weighted by Gasteiger charge is -2.15. The first-order valence-electron chi connectivity index (χ1n) is 9.02. The van der Waals surface area contributed by atoms with Gasteiger partial charge < -0.3 is 9.47 Å². The van der Waals surface area contributed by atoms with Crippen molar-refractivity contribution in [3.05, 3.63) is 76.2 Å². The summed E-state index contributed by atoms with van der Waals surface area (Å²) in [6.45, 7) is 6.78. The van der Waals surface area contributed by atoms with E-state index in [-0.39, 0.29) is 5.91 Å². The number of rotatable bonds is 8. The van der Waals surface area contributed by atoms with E-state index in [2.05, 4.69) is 6.58 Å². The van der Waals surface area contributed by atoms with Gasteiger partial charge in [0.15, 0.2) is 11.5 Å². The Morgan fingerprint density at radius 2 is 2.00 bits per heavy atom. The van der Waals surface area contributed by atoms with E-state index in [9.17, 15) is 4.79 Å². The zero-order chi connectivity index (χ0) is 20.8. The lowest BCUT2D eigenvalue weighted by molar-refractivity contribution is -0.121. The summed E-state index contributed by atoms with van der Waals surface area (Å²) < 4.78 is 12.2. The van der Waals surface area contributed by atoms with Crippen molar-refractivity contribution in [2.45, 2.75) is 13.5 Å². The molecule has 0 aromatic heterocycles. The highest BCUT2D eigenvalue weighted by Crippen LogP contribution is 2.39. The highest BCUT2D eigenvalue weighted by atomic mass is 35.5. The fraction of sp³-hybridized carbons (Fsp3) is 0.182. The molecule has 1 aliphatic heterocycles. The van der Waals surface area contributed by atoms with E-state index >= 15 is 0 Å². The third-order valence-electron chi connectivity index (χ3n) is 4.04. The van der Waals surface area contributed by atoms with Gasteiger partial charge in [0.2, 0.25) is 0 Å². The summed E-state index contributed by atoms with van der Waals surface area (Å²) in [6.07, 6.45) is 3.41. The Kier molecular flexibility index (Phi) is 7.36. The van der Waals surface area contributed by atoms with Crippen molar-refractivity contribution < 1.29 is 14.3 Å². The van der Waals surface area contributed by atoms with Crippen LogP contribution in [-0.4, -0.2) is 28.3 Å². The first kappa shape index (κ1) is 21.4. The summed E-state index contributed by atoms with van der Waals surface area (Å²) in [4.78, 5) is 14.6. The van der Waals surface area contributed by atoms with Crippen molar-refractivity contribution in [1.82, 2.24) is 4.90 Å². The Morgan fingerprint density at radius 1 is 1.24 bits per heavy atom. The summed E-state index contributed by atoms with van der Waals surface area (Å²) in [5.41, 5.74) is 1.77. The molecule has 0 radical (unpaired) electrons. The number of thioether (sulfide) groups is 1. The van der Waals surface area contributed by atoms with Crippen molar-refractivity contribution in [2.24, 2.45) is 0 Å². The maximum atomic E-state index is 12.5. The molecule has 0 spiro atoms. The second kappa shape index (κ2) is 9.96. The highest BCUT2D eigenvalue weighted by Gasteiger charge is 2.31. The second-order valence-electron chi connectivity index (χ2n) is 6.12. The Balaban J connectivity index is 1.87. The van der Waals surface area contributed by atoms with Crippen LogP contribution < -0.4 is 9.47 Å². The molecule has 4 nitrogen and oxygen atoms in total. The van der Waals surface area contributed by atoms with Gasteiger partial charge in [-0.2, -0.15) is 0 Å². The van der Waals surface area contributed by atoms with E-state index in [0.717, 1.165) is 11.1 Å². The van der Waals surface area contributed by atoms with E-state index in [1.165, 1.54) is 16.7 Å². The van der Waals surface area contributed by atoms with Gasteiger partial charge in [-0.15, -0.1) is 6.58 Å². The first-order valence-corrected chi connectivity index (χ1v) is 10.6. The molecule has 2 aromatic carbocycles. The van der Waals surface area contributed by atoms with E-state index in [1.54, 1.807) is 18.2 Å². The number of carbonyl (C=O) groups is 1. The number of thiocarbonyl (C=S) groups is 1. The van der Waals surface area contributed by atoms with Crippen LogP contribution in [0.1, 0.15) is 18.1 Å². The van der Waals surface area contributed by atoms with Crippen molar-refractivity contribution in [3.63, 3.8) is 0 Å². The number of nitrogens with zero attached hydrogens (tertiary/aromatic N) is 1. The summed E-state index contributed by atoms with van der Waals surface area (Å²) in [5, 5.41) is 0.416. The van der Waals surface area contributed by atoms with Crippen LogP contribution in [0.4, 0.5) is 0 Å². The predicted molar refractivity (Wildman–Crippen MR) is 123 cm³/mol. The maximum absolute atomic E-state index is 12.5. The Labute approximate surface area is 185 Å². The number of hydrogen-bond donors (Lipinski definition) is 0. The standard InChI is InChI=1S/C22H20ClNO3S2/c1-3-10-24-21(25)19(29-22(24)28)13-16-11-17(23)20(18(12-16)26-4-2)27-14-15-8-6-5-7-9-15/h3,5-9,11-13H,1,4,10,14H2,2H3/b19-13-. The third-order valence-corrected chi connectivity index (χ3v) is 5.70. The van der Waals surface area contributed by atoms with Gasteiger partial charge in [-0.1, -0.05) is 72.0 Å². The lowest BCUT2D eigenvalue weighted by Crippen LogP contribution is -2.27. The highest BCUT2D eigenvalue weighted by molar-refractivity contribution is 8.26. The quantitative estimate of drug-likeness (QED) is 0.296. The van der Waals surface area contributed by atoms with Crippen LogP contribution >= 0.6 is 35.6 Å². The van der Waals surface area contributed by atoms with E-state index in [1.807, 2.05) is 43.3 Å². The molecular weight excluding hydrogens is 426 g/mol. The van der Waals surface area contributed by atoms with Gasteiger partial charge in [-0.25, -0.2) is 0 Å². The summed E-state index contributed by atoms with van der Waals surface area (Å²) in [6, 6.07) is 13.4. The van der Waals surface area contributed by atoms with Gasteiger partial charge in [0.05, 0.1) is 16.5 Å². The Hall–Kier alpha value is -2.28. The number of benzene rings is 2. The average molecular weight is 446 g/mol. The van der Waals surface area contributed by atoms with E-state index < -0.39 is 0 Å². The largest absolute Gasteiger partial charge is 0.490 e. The van der Waals surface area contributed by atoms with E-state index in [0.29, 0.717) is 45.5 Å². The molecule has 1 saturated heterocycles. The molecule has 29 heavy (non-hydrogen) atoms. The molecule has 1 heterocycles. The van der Waals surface area contributed by atoms with Gasteiger partial charge in [-0.3, -0.25) is 9.69 Å². The molecule has 0 saturated carbocycles. The fourth-order valence-corrected chi connectivity index (χ4v) is 4.29. The number of ether oxygens (including phenoxy) is 2. The van der Waals surface area contributed by atoms with Crippen LogP contribution in [0.2, 0.25) is 5.02 Å². The molecule has 1 amide bonds. The molecule has 2 aromatic rings. The van der Waals surface area contributed by atoms with Crippen molar-refractivity contribution >= 4 is 51.9 Å². The van der Waals surface area contributed by atoms with Crippen LogP contribution in [0.25, 0.3) is 6.08 Å². The van der Waals surface area contributed by atoms with Crippen molar-refractivity contribution in [1.29, 1.82) is 0 Å². The number of amides is 1. The smallest absolute Gasteiger partial charge is 0.266 e. The number of halogens is 1. The number of carbonyl (C=O) groups excluding carboxylic acids is 1. The second-order valence-corrected chi connectivity index (χ2v) is 8.20. The van der Waals surface area contributed by atoms with E-state index in [4.69, 9.17) is 33.3 Å². The lowest BCUT2D eigenvalue weighted by atomic mass is 10.1. The third kappa shape index (κ3) is 5.21. The molecule has 0 unspecified atom stereocenters. The maximum Gasteiger partial charge on any atom is 0.266 e. The van der Waals surface area contributed by atoms with Crippen LogP contribution in [0.15, 0.2) is 60.0 Å². The monoisotopic (exact) mass is 445 g/mol. The molecule has 3 rings (SSSR count). The summed E-state index contributed by atoms with van der Waals surface area (Å²) in [7, 11) is 0. The molecule has 1 aliphatic rings. The van der Waals surface area contributed by atoms with Gasteiger partial charge in [0.25, 0.3) is 5.91 Å². The number of hydrogen-bond acceptors (Lipinski definition) is 5. The van der Waals surface area contributed by atoms with Gasteiger partial charge in [0, 0.05) is 6.54 Å². The van der Waals surface area contributed by atoms with Crippen LogP contribution in [0.5, 0.6) is 11.5 Å². The van der Waals surface area contributed by atoms with Crippen LogP contribution in [0, 0.1) is 0 Å². The molecule has 150 valence electrons. The van der Waals surface area contributed by atoms with Gasteiger partial charge in [0.1, 0.15) is 10.9 Å². The zero-order valence-electron chi connectivity index (χ0n) is 15.9. The van der Waals surface area contributed by atoms with Crippen LogP contribution in [0.3, 0.4) is 0 Å². The molecule has 0 atom stereocenters. The molecule has 1 fully saturated rings. The minimum atomic E-state index is -0.140. The van der Waals surface area contributed by atoms with Crippen LogP contribution in [-0.2, 0) is 11.4 Å². The van der Waals surface area contributed by atoms with Gasteiger partial charge >= 0.3 is 0 Å². The zero-order valence-corrected chi connectivity index (χ0v) is 18.3. The van der Waals surface area contributed by atoms with Crippen molar-refractivity contribution in [2.75, 3.05) is 13.2 Å². The van der Waals surface area contributed by atoms with Gasteiger partial charge in [-0.05, 0) is 36.3 Å². The SMILES string of the molecule is C=CCN1C(=O)/C(=C/c2cc(Cl)c(OCc3ccccc3)c(OCC)c2)SC1=S. The molecular formula is C22H20ClNO3S2. The molecule has 0 N–H and O–H groups in total. The molecule has 7 heteroatoms. The summed E-state index contributed by atoms with van der Waals surface area (Å²) >= 11 is 13.0. The molecule has 0 aliphatic carbocycles. The minimum absolute atomic E-state index is 0.140. The average Bonchev–Trinajstić information content (AvgIpc) is 2.96. The topological polar surface area (TPSA) is 38.8 Å². The summed E-state index contributed by atoms with van der Waals surface area (Å²) in [5.74, 6) is 0.871. The predicted octanol–water partition coefficient (Wildman–Crippen LogP) is 5.70.